The summed E-state index contributed by atoms with van der Waals surface area (Å²) in [5.74, 6) is -0.135. The monoisotopic (exact) mass is 244 g/mol. The Morgan fingerprint density at radius 1 is 1.12 bits per heavy atom. The molecule has 2 atom stereocenters. The predicted molar refractivity (Wildman–Crippen MR) is 66.9 cm³/mol. The van der Waals surface area contributed by atoms with Gasteiger partial charge >= 0.3 is 12.0 Å². The number of hydrogen-bond donors (Lipinski definition) is 3. The summed E-state index contributed by atoms with van der Waals surface area (Å²) < 4.78 is 0. The van der Waals surface area contributed by atoms with Gasteiger partial charge in [-0.3, -0.25) is 4.79 Å². The molecule has 0 aromatic rings. The summed E-state index contributed by atoms with van der Waals surface area (Å²) in [4.78, 5) is 21.7. The zero-order chi connectivity index (χ0) is 13.3. The van der Waals surface area contributed by atoms with Gasteiger partial charge in [0.1, 0.15) is 0 Å². The van der Waals surface area contributed by atoms with Gasteiger partial charge in [-0.15, -0.1) is 0 Å². The first-order chi connectivity index (χ1) is 7.95. The summed E-state index contributed by atoms with van der Waals surface area (Å²) in [6.07, 6.45) is 1.77. The molecule has 2 amide bonds. The second kappa shape index (κ2) is 8.84. The van der Waals surface area contributed by atoms with Crippen molar-refractivity contribution in [1.82, 2.24) is 10.6 Å². The zero-order valence-electron chi connectivity index (χ0n) is 11.0. The van der Waals surface area contributed by atoms with E-state index >= 15 is 0 Å². The predicted octanol–water partition coefficient (Wildman–Crippen LogP) is 1.83. The number of amides is 2. The van der Waals surface area contributed by atoms with Gasteiger partial charge in [0, 0.05) is 19.5 Å². The summed E-state index contributed by atoms with van der Waals surface area (Å²) in [6, 6.07) is -0.174. The van der Waals surface area contributed by atoms with E-state index in [-0.39, 0.29) is 18.4 Å². The Kier molecular flexibility index (Phi) is 8.19. The Labute approximate surface area is 103 Å². The van der Waals surface area contributed by atoms with E-state index in [4.69, 9.17) is 5.11 Å². The maximum Gasteiger partial charge on any atom is 0.314 e. The number of carbonyl (C=O) groups excluding carboxylic acids is 1. The van der Waals surface area contributed by atoms with Gasteiger partial charge in [0.05, 0.1) is 0 Å². The van der Waals surface area contributed by atoms with Crippen molar-refractivity contribution in [1.29, 1.82) is 0 Å². The van der Waals surface area contributed by atoms with Crippen LogP contribution in [-0.4, -0.2) is 30.2 Å². The molecule has 0 saturated carbocycles. The molecule has 0 rings (SSSR count). The van der Waals surface area contributed by atoms with Gasteiger partial charge in [-0.05, 0) is 18.3 Å². The molecule has 0 aliphatic rings. The Bertz CT molecular complexity index is 244. The van der Waals surface area contributed by atoms with Gasteiger partial charge in [-0.1, -0.05) is 27.2 Å². The average Bonchev–Trinajstić information content (AvgIpc) is 2.30. The minimum absolute atomic E-state index is 0.150. The van der Waals surface area contributed by atoms with Gasteiger partial charge in [0.2, 0.25) is 0 Å². The van der Waals surface area contributed by atoms with Crippen LogP contribution >= 0.6 is 0 Å². The maximum atomic E-state index is 11.4. The van der Waals surface area contributed by atoms with Crippen molar-refractivity contribution in [2.75, 3.05) is 13.1 Å². The number of carboxylic acid groups (broad SMARTS) is 1. The summed E-state index contributed by atoms with van der Waals surface area (Å²) in [5.41, 5.74) is 0. The van der Waals surface area contributed by atoms with Crippen molar-refractivity contribution in [3.63, 3.8) is 0 Å². The first-order valence-corrected chi connectivity index (χ1v) is 6.19. The lowest BCUT2D eigenvalue weighted by molar-refractivity contribution is -0.137. The van der Waals surface area contributed by atoms with Gasteiger partial charge in [-0.25, -0.2) is 4.79 Å². The molecular weight excluding hydrogens is 220 g/mol. The Morgan fingerprint density at radius 2 is 1.65 bits per heavy atom. The van der Waals surface area contributed by atoms with Gasteiger partial charge in [0.25, 0.3) is 0 Å². The van der Waals surface area contributed by atoms with Crippen molar-refractivity contribution >= 4 is 12.0 Å². The van der Waals surface area contributed by atoms with Crippen molar-refractivity contribution in [3.05, 3.63) is 0 Å². The third kappa shape index (κ3) is 9.66. The van der Waals surface area contributed by atoms with Crippen LogP contribution in [0, 0.1) is 11.8 Å². The van der Waals surface area contributed by atoms with Crippen LogP contribution in [0.15, 0.2) is 0 Å². The first kappa shape index (κ1) is 15.7. The van der Waals surface area contributed by atoms with E-state index in [9.17, 15) is 9.59 Å². The topological polar surface area (TPSA) is 78.4 Å². The molecule has 0 spiro atoms. The number of nitrogens with one attached hydrogen (secondary N) is 2. The smallest absolute Gasteiger partial charge is 0.314 e. The number of rotatable bonds is 8. The van der Waals surface area contributed by atoms with Gasteiger partial charge < -0.3 is 15.7 Å². The molecule has 17 heavy (non-hydrogen) atoms. The SMILES string of the molecule is CCC(C)CNC(=O)NCC(C)CCC(=O)O. The molecule has 100 valence electrons. The molecule has 5 heteroatoms. The second-order valence-corrected chi connectivity index (χ2v) is 4.64. The Morgan fingerprint density at radius 3 is 2.12 bits per heavy atom. The fourth-order valence-electron chi connectivity index (χ4n) is 1.21. The Hall–Kier alpha value is -1.26. The van der Waals surface area contributed by atoms with E-state index in [1.165, 1.54) is 0 Å². The average molecular weight is 244 g/mol. The number of carboxylic acids is 1. The highest BCUT2D eigenvalue weighted by Crippen LogP contribution is 2.03. The van der Waals surface area contributed by atoms with Crippen molar-refractivity contribution in [3.8, 4) is 0 Å². The van der Waals surface area contributed by atoms with E-state index in [0.29, 0.717) is 25.4 Å². The molecule has 0 fully saturated rings. The molecule has 5 nitrogen and oxygen atoms in total. The highest BCUT2D eigenvalue weighted by molar-refractivity contribution is 5.73. The van der Waals surface area contributed by atoms with Crippen molar-refractivity contribution in [2.24, 2.45) is 11.8 Å². The minimum Gasteiger partial charge on any atom is -0.481 e. The van der Waals surface area contributed by atoms with Crippen LogP contribution in [0.1, 0.15) is 40.0 Å². The molecule has 0 saturated heterocycles. The number of hydrogen-bond acceptors (Lipinski definition) is 2. The van der Waals surface area contributed by atoms with Gasteiger partial charge in [-0.2, -0.15) is 0 Å². The lowest BCUT2D eigenvalue weighted by Crippen LogP contribution is -2.39. The van der Waals surface area contributed by atoms with E-state index in [1.807, 2.05) is 6.92 Å². The van der Waals surface area contributed by atoms with Crippen LogP contribution in [0.4, 0.5) is 4.79 Å². The van der Waals surface area contributed by atoms with Crippen molar-refractivity contribution < 1.29 is 14.7 Å². The Balaban J connectivity index is 3.58. The van der Waals surface area contributed by atoms with Crippen LogP contribution in [-0.2, 0) is 4.79 Å². The van der Waals surface area contributed by atoms with Crippen LogP contribution in [0.5, 0.6) is 0 Å². The molecule has 2 unspecified atom stereocenters. The van der Waals surface area contributed by atoms with E-state index in [1.54, 1.807) is 0 Å². The summed E-state index contributed by atoms with van der Waals surface area (Å²) in [5, 5.41) is 14.0. The molecule has 0 aliphatic heterocycles. The van der Waals surface area contributed by atoms with Crippen LogP contribution in [0.2, 0.25) is 0 Å². The molecule has 0 bridgehead atoms. The fraction of sp³-hybridized carbons (Fsp3) is 0.833. The highest BCUT2D eigenvalue weighted by atomic mass is 16.4. The standard InChI is InChI=1S/C12H24N2O3/c1-4-9(2)7-13-12(17)14-8-10(3)5-6-11(15)16/h9-10H,4-8H2,1-3H3,(H,15,16)(H2,13,14,17). The zero-order valence-corrected chi connectivity index (χ0v) is 11.0. The lowest BCUT2D eigenvalue weighted by atomic mass is 10.1. The number of urea groups is 1. The van der Waals surface area contributed by atoms with Crippen LogP contribution < -0.4 is 10.6 Å². The first-order valence-electron chi connectivity index (χ1n) is 6.19. The molecule has 0 radical (unpaired) electrons. The van der Waals surface area contributed by atoms with Crippen LogP contribution in [0.25, 0.3) is 0 Å². The second-order valence-electron chi connectivity index (χ2n) is 4.64. The highest BCUT2D eigenvalue weighted by Gasteiger charge is 2.08. The van der Waals surface area contributed by atoms with E-state index in [2.05, 4.69) is 24.5 Å². The third-order valence-corrected chi connectivity index (χ3v) is 2.77. The van der Waals surface area contributed by atoms with E-state index < -0.39 is 5.97 Å². The molecule has 0 aromatic carbocycles. The quantitative estimate of drug-likeness (QED) is 0.609. The third-order valence-electron chi connectivity index (χ3n) is 2.77. The van der Waals surface area contributed by atoms with Crippen LogP contribution in [0.3, 0.4) is 0 Å². The van der Waals surface area contributed by atoms with Crippen molar-refractivity contribution in [2.45, 2.75) is 40.0 Å². The summed E-state index contributed by atoms with van der Waals surface area (Å²) in [7, 11) is 0. The molecule has 0 aromatic heterocycles. The largest absolute Gasteiger partial charge is 0.481 e. The van der Waals surface area contributed by atoms with Gasteiger partial charge in [0.15, 0.2) is 0 Å². The summed E-state index contributed by atoms with van der Waals surface area (Å²) in [6.45, 7) is 7.28. The minimum atomic E-state index is -0.793. The number of aliphatic carboxylic acids is 1. The summed E-state index contributed by atoms with van der Waals surface area (Å²) >= 11 is 0. The molecular formula is C12H24N2O3. The normalized spacial score (nSPS) is 13.8. The van der Waals surface area contributed by atoms with E-state index in [0.717, 1.165) is 6.42 Å². The lowest BCUT2D eigenvalue weighted by Gasteiger charge is -2.14. The number of carbonyl (C=O) groups is 2. The molecule has 0 aliphatic carbocycles. The fourth-order valence-corrected chi connectivity index (χ4v) is 1.21. The molecule has 3 N–H and O–H groups in total. The molecule has 0 heterocycles. The maximum absolute atomic E-state index is 11.4.